The number of carbonyl (C=O) groups is 2. The zero-order chi connectivity index (χ0) is 18.4. The van der Waals surface area contributed by atoms with Crippen molar-refractivity contribution in [2.75, 3.05) is 19.6 Å². The lowest BCUT2D eigenvalue weighted by molar-refractivity contribution is -0.132. The highest BCUT2D eigenvalue weighted by atomic mass is 35.5. The van der Waals surface area contributed by atoms with Crippen LogP contribution in [0, 0.1) is 5.92 Å². The number of amides is 2. The van der Waals surface area contributed by atoms with E-state index < -0.39 is 11.7 Å². The molecule has 6 heteroatoms. The van der Waals surface area contributed by atoms with Gasteiger partial charge in [0, 0.05) is 24.7 Å². The molecule has 0 aromatic heterocycles. The lowest BCUT2D eigenvalue weighted by Crippen LogP contribution is -2.44. The highest BCUT2D eigenvalue weighted by molar-refractivity contribution is 6.30. The van der Waals surface area contributed by atoms with E-state index in [4.69, 9.17) is 16.3 Å². The predicted octanol–water partition coefficient (Wildman–Crippen LogP) is 3.65. The molecule has 0 spiro atoms. The van der Waals surface area contributed by atoms with E-state index >= 15 is 0 Å². The van der Waals surface area contributed by atoms with Crippen molar-refractivity contribution in [1.82, 2.24) is 10.2 Å². The Labute approximate surface area is 154 Å². The van der Waals surface area contributed by atoms with Crippen molar-refractivity contribution in [3.8, 4) is 0 Å². The van der Waals surface area contributed by atoms with Crippen LogP contribution in [0.3, 0.4) is 0 Å². The van der Waals surface area contributed by atoms with Crippen molar-refractivity contribution in [3.05, 3.63) is 34.9 Å². The van der Waals surface area contributed by atoms with Crippen LogP contribution in [0.2, 0.25) is 5.02 Å². The summed E-state index contributed by atoms with van der Waals surface area (Å²) < 4.78 is 5.25. The van der Waals surface area contributed by atoms with E-state index in [-0.39, 0.29) is 11.8 Å². The molecule has 1 aliphatic heterocycles. The first-order chi connectivity index (χ1) is 11.7. The number of benzene rings is 1. The van der Waals surface area contributed by atoms with Crippen LogP contribution in [0.15, 0.2) is 24.3 Å². The smallest absolute Gasteiger partial charge is 0.407 e. The molecule has 1 aliphatic rings. The summed E-state index contributed by atoms with van der Waals surface area (Å²) in [5.41, 5.74) is 0.418. The first-order valence-electron chi connectivity index (χ1n) is 8.72. The molecule has 1 heterocycles. The fourth-order valence-corrected chi connectivity index (χ4v) is 3.15. The van der Waals surface area contributed by atoms with Crippen LogP contribution in [-0.2, 0) is 16.0 Å². The molecule has 5 nitrogen and oxygen atoms in total. The van der Waals surface area contributed by atoms with E-state index in [2.05, 4.69) is 5.32 Å². The molecule has 138 valence electrons. The van der Waals surface area contributed by atoms with Crippen LogP contribution < -0.4 is 5.32 Å². The number of halogens is 1. The van der Waals surface area contributed by atoms with Gasteiger partial charge in [-0.05, 0) is 57.2 Å². The van der Waals surface area contributed by atoms with Gasteiger partial charge in [-0.1, -0.05) is 23.7 Å². The van der Waals surface area contributed by atoms with Crippen LogP contribution in [0.5, 0.6) is 0 Å². The molecule has 1 N–H and O–H groups in total. The number of ether oxygens (including phenoxy) is 1. The molecular formula is C19H27ClN2O3. The van der Waals surface area contributed by atoms with E-state index in [0.29, 0.717) is 24.5 Å². The average molecular weight is 367 g/mol. The zero-order valence-corrected chi connectivity index (χ0v) is 15.9. The standard InChI is InChI=1S/C19H27ClN2O3/c1-19(2,3)25-18(24)21-12-15-7-5-9-22(13-15)17(23)11-14-6-4-8-16(20)10-14/h4,6,8,10,15H,5,7,9,11-13H2,1-3H3,(H,21,24). The van der Waals surface area contributed by atoms with Gasteiger partial charge in [-0.3, -0.25) is 4.79 Å². The van der Waals surface area contributed by atoms with Gasteiger partial charge in [-0.15, -0.1) is 0 Å². The maximum absolute atomic E-state index is 12.5. The summed E-state index contributed by atoms with van der Waals surface area (Å²) in [5, 5.41) is 3.45. The van der Waals surface area contributed by atoms with Crippen molar-refractivity contribution >= 4 is 23.6 Å². The molecule has 1 unspecified atom stereocenters. The Morgan fingerprint density at radius 3 is 2.80 bits per heavy atom. The van der Waals surface area contributed by atoms with E-state index in [1.54, 1.807) is 6.07 Å². The van der Waals surface area contributed by atoms with Gasteiger partial charge in [0.2, 0.25) is 5.91 Å². The van der Waals surface area contributed by atoms with Gasteiger partial charge in [0.1, 0.15) is 5.60 Å². The lowest BCUT2D eigenvalue weighted by atomic mass is 9.97. The second-order valence-electron chi connectivity index (χ2n) is 7.54. The van der Waals surface area contributed by atoms with Crippen molar-refractivity contribution in [1.29, 1.82) is 0 Å². The Morgan fingerprint density at radius 2 is 2.12 bits per heavy atom. The Morgan fingerprint density at radius 1 is 1.36 bits per heavy atom. The second-order valence-corrected chi connectivity index (χ2v) is 7.97. The summed E-state index contributed by atoms with van der Waals surface area (Å²) in [6.45, 7) is 7.46. The number of nitrogens with one attached hydrogen (secondary N) is 1. The average Bonchev–Trinajstić information content (AvgIpc) is 2.51. The molecule has 1 atom stereocenters. The zero-order valence-electron chi connectivity index (χ0n) is 15.2. The minimum Gasteiger partial charge on any atom is -0.444 e. The molecular weight excluding hydrogens is 340 g/mol. The molecule has 0 aliphatic carbocycles. The van der Waals surface area contributed by atoms with Crippen LogP contribution >= 0.6 is 11.6 Å². The van der Waals surface area contributed by atoms with Gasteiger partial charge < -0.3 is 15.0 Å². The maximum atomic E-state index is 12.5. The third-order valence-corrected chi connectivity index (χ3v) is 4.29. The normalized spacial score (nSPS) is 17.9. The summed E-state index contributed by atoms with van der Waals surface area (Å²) in [7, 11) is 0. The summed E-state index contributed by atoms with van der Waals surface area (Å²) in [6, 6.07) is 7.39. The highest BCUT2D eigenvalue weighted by Crippen LogP contribution is 2.18. The largest absolute Gasteiger partial charge is 0.444 e. The number of carbonyl (C=O) groups excluding carboxylic acids is 2. The van der Waals surface area contributed by atoms with Crippen LogP contribution in [0.25, 0.3) is 0 Å². The minimum absolute atomic E-state index is 0.101. The number of hydrogen-bond donors (Lipinski definition) is 1. The SMILES string of the molecule is CC(C)(C)OC(=O)NCC1CCCN(C(=O)Cc2cccc(Cl)c2)C1. The van der Waals surface area contributed by atoms with E-state index in [1.807, 2.05) is 43.9 Å². The number of hydrogen-bond acceptors (Lipinski definition) is 3. The van der Waals surface area contributed by atoms with Crippen LogP contribution in [0.1, 0.15) is 39.2 Å². The minimum atomic E-state index is -0.504. The quantitative estimate of drug-likeness (QED) is 0.884. The first-order valence-corrected chi connectivity index (χ1v) is 9.10. The fraction of sp³-hybridized carbons (Fsp3) is 0.579. The van der Waals surface area contributed by atoms with Crippen LogP contribution in [0.4, 0.5) is 4.79 Å². The predicted molar refractivity (Wildman–Crippen MR) is 98.7 cm³/mol. The fourth-order valence-electron chi connectivity index (χ4n) is 2.93. The topological polar surface area (TPSA) is 58.6 Å². The molecule has 0 radical (unpaired) electrons. The molecule has 2 amide bonds. The van der Waals surface area contributed by atoms with Crippen molar-refractivity contribution in [3.63, 3.8) is 0 Å². The summed E-state index contributed by atoms with van der Waals surface area (Å²) in [5.74, 6) is 0.355. The molecule has 0 bridgehead atoms. The number of alkyl carbamates (subject to hydrolysis) is 1. The van der Waals surface area contributed by atoms with Crippen LogP contribution in [-0.4, -0.2) is 42.1 Å². The Hall–Kier alpha value is -1.75. The maximum Gasteiger partial charge on any atom is 0.407 e. The molecule has 1 fully saturated rings. The molecule has 1 aromatic rings. The first kappa shape index (κ1) is 19.6. The molecule has 2 rings (SSSR count). The van der Waals surface area contributed by atoms with Crippen molar-refractivity contribution in [2.45, 2.75) is 45.6 Å². The van der Waals surface area contributed by atoms with E-state index in [1.165, 1.54) is 0 Å². The Balaban J connectivity index is 1.81. The van der Waals surface area contributed by atoms with Gasteiger partial charge >= 0.3 is 6.09 Å². The lowest BCUT2D eigenvalue weighted by Gasteiger charge is -2.33. The third kappa shape index (κ3) is 6.94. The monoisotopic (exact) mass is 366 g/mol. The number of piperidine rings is 1. The van der Waals surface area contributed by atoms with Crippen molar-refractivity contribution < 1.29 is 14.3 Å². The van der Waals surface area contributed by atoms with Gasteiger partial charge in [0.05, 0.1) is 6.42 Å². The third-order valence-electron chi connectivity index (χ3n) is 4.05. The summed E-state index contributed by atoms with van der Waals surface area (Å²) in [4.78, 5) is 26.2. The summed E-state index contributed by atoms with van der Waals surface area (Å²) >= 11 is 5.98. The summed E-state index contributed by atoms with van der Waals surface area (Å²) in [6.07, 6.45) is 1.89. The second kappa shape index (κ2) is 8.56. The van der Waals surface area contributed by atoms with Gasteiger partial charge in [-0.25, -0.2) is 4.79 Å². The van der Waals surface area contributed by atoms with E-state index in [9.17, 15) is 9.59 Å². The number of nitrogens with zero attached hydrogens (tertiary/aromatic N) is 1. The molecule has 25 heavy (non-hydrogen) atoms. The number of likely N-dealkylation sites (tertiary alicyclic amines) is 1. The van der Waals surface area contributed by atoms with E-state index in [0.717, 1.165) is 24.9 Å². The van der Waals surface area contributed by atoms with Crippen molar-refractivity contribution in [2.24, 2.45) is 5.92 Å². The molecule has 1 saturated heterocycles. The molecule has 0 saturated carbocycles. The van der Waals surface area contributed by atoms with Gasteiger partial charge in [0.15, 0.2) is 0 Å². The van der Waals surface area contributed by atoms with Gasteiger partial charge in [0.25, 0.3) is 0 Å². The number of rotatable bonds is 4. The van der Waals surface area contributed by atoms with Gasteiger partial charge in [-0.2, -0.15) is 0 Å². The highest BCUT2D eigenvalue weighted by Gasteiger charge is 2.25. The Kier molecular flexibility index (Phi) is 6.71. The molecule has 1 aromatic carbocycles. The Bertz CT molecular complexity index is 613.